The van der Waals surface area contributed by atoms with Crippen LogP contribution in [-0.2, 0) is 0 Å². The second-order valence-corrected chi connectivity index (χ2v) is 6.93. The van der Waals surface area contributed by atoms with Crippen LogP contribution in [-0.4, -0.2) is 29.2 Å². The van der Waals surface area contributed by atoms with Crippen LogP contribution in [0, 0.1) is 0 Å². The summed E-state index contributed by atoms with van der Waals surface area (Å²) in [7, 11) is 0. The second kappa shape index (κ2) is 7.23. The van der Waals surface area contributed by atoms with E-state index in [9.17, 15) is 9.59 Å². The zero-order chi connectivity index (χ0) is 18.8. The van der Waals surface area contributed by atoms with Gasteiger partial charge < -0.3 is 10.2 Å². The number of rotatable bonds is 4. The van der Waals surface area contributed by atoms with Gasteiger partial charge in [0.2, 0.25) is 5.43 Å². The number of nitrogens with zero attached hydrogens (tertiary/aromatic N) is 2. The lowest BCUT2D eigenvalue weighted by Gasteiger charge is -2.20. The van der Waals surface area contributed by atoms with Gasteiger partial charge in [-0.05, 0) is 49.6 Å². The molecular weight excluding hydrogens is 340 g/mol. The number of carbonyl (C=O) groups is 1. The summed E-state index contributed by atoms with van der Waals surface area (Å²) in [5.41, 5.74) is 2.32. The van der Waals surface area contributed by atoms with Gasteiger partial charge in [-0.2, -0.15) is 5.10 Å². The molecule has 2 aromatic carbocycles. The number of H-pyrrole nitrogens is 1. The van der Waals surface area contributed by atoms with E-state index in [4.69, 9.17) is 0 Å². The Morgan fingerprint density at radius 3 is 2.74 bits per heavy atom. The summed E-state index contributed by atoms with van der Waals surface area (Å²) >= 11 is 0. The van der Waals surface area contributed by atoms with Crippen LogP contribution in [0.1, 0.15) is 41.9 Å². The van der Waals surface area contributed by atoms with Gasteiger partial charge in [0.25, 0.3) is 5.91 Å². The fourth-order valence-electron chi connectivity index (χ4n) is 3.54. The lowest BCUT2D eigenvalue weighted by atomic mass is 10.1. The number of hydrogen-bond acceptors (Lipinski definition) is 4. The molecule has 1 fully saturated rings. The molecule has 1 aliphatic rings. The van der Waals surface area contributed by atoms with Crippen molar-refractivity contribution in [1.82, 2.24) is 15.5 Å². The number of amides is 1. The van der Waals surface area contributed by atoms with Crippen LogP contribution in [0.15, 0.2) is 53.3 Å². The van der Waals surface area contributed by atoms with E-state index in [1.807, 2.05) is 25.1 Å². The first kappa shape index (κ1) is 17.3. The molecule has 0 bridgehead atoms. The quantitative estimate of drug-likeness (QED) is 0.748. The number of fused-ring (bicyclic) bond motifs is 1. The molecule has 1 amide bonds. The van der Waals surface area contributed by atoms with Gasteiger partial charge in [-0.1, -0.05) is 24.3 Å². The normalized spacial score (nSPS) is 15.1. The number of nitrogens with one attached hydrogen (secondary N) is 2. The van der Waals surface area contributed by atoms with E-state index >= 15 is 0 Å². The van der Waals surface area contributed by atoms with Gasteiger partial charge in [0.05, 0.1) is 11.6 Å². The average Bonchev–Trinajstić information content (AvgIpc) is 3.23. The molecule has 27 heavy (non-hydrogen) atoms. The van der Waals surface area contributed by atoms with Crippen molar-refractivity contribution in [3.05, 3.63) is 70.0 Å². The minimum atomic E-state index is -0.471. The first-order valence-corrected chi connectivity index (χ1v) is 9.26. The van der Waals surface area contributed by atoms with E-state index in [1.165, 1.54) is 18.5 Å². The smallest absolute Gasteiger partial charge is 0.276 e. The lowest BCUT2D eigenvalue weighted by molar-refractivity contribution is 0.0933. The van der Waals surface area contributed by atoms with Crippen LogP contribution >= 0.6 is 0 Å². The summed E-state index contributed by atoms with van der Waals surface area (Å²) < 4.78 is 0. The van der Waals surface area contributed by atoms with Crippen LogP contribution in [0.3, 0.4) is 0 Å². The Kier molecular flexibility index (Phi) is 4.62. The highest BCUT2D eigenvalue weighted by atomic mass is 16.2. The number of anilines is 1. The van der Waals surface area contributed by atoms with Crippen molar-refractivity contribution in [1.29, 1.82) is 0 Å². The molecule has 2 heterocycles. The molecule has 138 valence electrons. The number of para-hydroxylation sites is 1. The fraction of sp³-hybridized carbons (Fsp3) is 0.286. The first-order chi connectivity index (χ1) is 13.1. The highest BCUT2D eigenvalue weighted by Gasteiger charge is 2.19. The van der Waals surface area contributed by atoms with Crippen LogP contribution in [0.5, 0.6) is 0 Å². The maximum Gasteiger partial charge on any atom is 0.276 e. The summed E-state index contributed by atoms with van der Waals surface area (Å²) in [6, 6.07) is 15.0. The largest absolute Gasteiger partial charge is 0.372 e. The SMILES string of the molecule is C[C@H](NC(=O)c1n[nH]c2ccccc2c1=O)c1cccc(N2CCCC2)c1. The summed E-state index contributed by atoms with van der Waals surface area (Å²) in [5.74, 6) is -0.471. The third-order valence-corrected chi connectivity index (χ3v) is 5.08. The van der Waals surface area contributed by atoms with Crippen molar-refractivity contribution in [2.45, 2.75) is 25.8 Å². The standard InChI is InChI=1S/C21H22N4O2/c1-14(15-7-6-8-16(13-15)25-11-4-5-12-25)22-21(27)19-20(26)17-9-2-3-10-18(17)23-24-19/h2-3,6-10,13-14H,4-5,11-12H2,1H3,(H,22,27)(H,23,26)/t14-/m0/s1. The zero-order valence-corrected chi connectivity index (χ0v) is 15.2. The molecule has 1 saturated heterocycles. The minimum Gasteiger partial charge on any atom is -0.372 e. The summed E-state index contributed by atoms with van der Waals surface area (Å²) in [6.07, 6.45) is 2.43. The van der Waals surface area contributed by atoms with Gasteiger partial charge >= 0.3 is 0 Å². The Morgan fingerprint density at radius 1 is 1.15 bits per heavy atom. The van der Waals surface area contributed by atoms with Crippen molar-refractivity contribution in [2.75, 3.05) is 18.0 Å². The highest BCUT2D eigenvalue weighted by Crippen LogP contribution is 2.24. The fourth-order valence-corrected chi connectivity index (χ4v) is 3.54. The zero-order valence-electron chi connectivity index (χ0n) is 15.2. The monoisotopic (exact) mass is 362 g/mol. The topological polar surface area (TPSA) is 78.1 Å². The highest BCUT2D eigenvalue weighted by molar-refractivity contribution is 5.95. The average molecular weight is 362 g/mol. The number of carbonyl (C=O) groups excluding carboxylic acids is 1. The van der Waals surface area contributed by atoms with Crippen molar-refractivity contribution < 1.29 is 4.79 Å². The molecule has 0 unspecified atom stereocenters. The van der Waals surface area contributed by atoms with Gasteiger partial charge in [0.15, 0.2) is 5.69 Å². The summed E-state index contributed by atoms with van der Waals surface area (Å²) in [5, 5.41) is 10.1. The molecule has 0 aliphatic carbocycles. The summed E-state index contributed by atoms with van der Waals surface area (Å²) in [6.45, 7) is 4.05. The molecule has 0 spiro atoms. The van der Waals surface area contributed by atoms with Crippen LogP contribution < -0.4 is 15.6 Å². The van der Waals surface area contributed by atoms with E-state index in [1.54, 1.807) is 18.2 Å². The molecule has 6 heteroatoms. The molecule has 1 atom stereocenters. The predicted molar refractivity (Wildman–Crippen MR) is 106 cm³/mol. The molecule has 6 nitrogen and oxygen atoms in total. The van der Waals surface area contributed by atoms with Crippen molar-refractivity contribution >= 4 is 22.5 Å². The molecule has 0 saturated carbocycles. The van der Waals surface area contributed by atoms with Gasteiger partial charge in [0, 0.05) is 24.2 Å². The number of hydrogen-bond donors (Lipinski definition) is 2. The number of aromatic amines is 1. The third kappa shape index (κ3) is 3.43. The second-order valence-electron chi connectivity index (χ2n) is 6.93. The molecule has 2 N–H and O–H groups in total. The van der Waals surface area contributed by atoms with Crippen LogP contribution in [0.25, 0.3) is 10.9 Å². The van der Waals surface area contributed by atoms with E-state index in [0.29, 0.717) is 10.9 Å². The molecule has 1 aromatic heterocycles. The van der Waals surface area contributed by atoms with E-state index in [0.717, 1.165) is 18.7 Å². The molecule has 3 aromatic rings. The van der Waals surface area contributed by atoms with Gasteiger partial charge in [-0.25, -0.2) is 0 Å². The molecule has 4 rings (SSSR count). The molecule has 1 aliphatic heterocycles. The Hall–Kier alpha value is -3.15. The predicted octanol–water partition coefficient (Wildman–Crippen LogP) is 3.01. The Labute approximate surface area is 157 Å². The van der Waals surface area contributed by atoms with Gasteiger partial charge in [-0.3, -0.25) is 14.7 Å². The van der Waals surface area contributed by atoms with Gasteiger partial charge in [-0.15, -0.1) is 0 Å². The van der Waals surface area contributed by atoms with Crippen molar-refractivity contribution in [3.8, 4) is 0 Å². The first-order valence-electron chi connectivity index (χ1n) is 9.26. The maximum atomic E-state index is 12.6. The van der Waals surface area contributed by atoms with Gasteiger partial charge in [0.1, 0.15) is 0 Å². The Balaban J connectivity index is 1.55. The maximum absolute atomic E-state index is 12.6. The molecular formula is C21H22N4O2. The Bertz CT molecular complexity index is 1040. The summed E-state index contributed by atoms with van der Waals surface area (Å²) in [4.78, 5) is 27.6. The minimum absolute atomic E-state index is 0.115. The third-order valence-electron chi connectivity index (χ3n) is 5.08. The number of benzene rings is 2. The van der Waals surface area contributed by atoms with E-state index in [-0.39, 0.29) is 17.2 Å². The van der Waals surface area contributed by atoms with Crippen LogP contribution in [0.2, 0.25) is 0 Å². The van der Waals surface area contributed by atoms with Crippen molar-refractivity contribution in [3.63, 3.8) is 0 Å². The van der Waals surface area contributed by atoms with Crippen molar-refractivity contribution in [2.24, 2.45) is 0 Å². The van der Waals surface area contributed by atoms with Crippen LogP contribution in [0.4, 0.5) is 5.69 Å². The molecule has 0 radical (unpaired) electrons. The Morgan fingerprint density at radius 2 is 1.93 bits per heavy atom. The lowest BCUT2D eigenvalue weighted by Crippen LogP contribution is -2.32. The number of aromatic nitrogens is 2. The van der Waals surface area contributed by atoms with E-state index < -0.39 is 5.91 Å². The van der Waals surface area contributed by atoms with E-state index in [2.05, 4.69) is 32.5 Å².